The minimum absolute atomic E-state index is 0.0782. The molecule has 0 unspecified atom stereocenters. The molecule has 2 aromatic carbocycles. The van der Waals surface area contributed by atoms with Crippen molar-refractivity contribution in [1.29, 1.82) is 0 Å². The van der Waals surface area contributed by atoms with E-state index in [-0.39, 0.29) is 30.0 Å². The molecule has 2 aromatic heterocycles. The third-order valence-electron chi connectivity index (χ3n) is 7.61. The number of aryl methyl sites for hydroxylation is 3. The first-order valence-corrected chi connectivity index (χ1v) is 13.9. The third kappa shape index (κ3) is 5.71. The number of hydrogen-bond acceptors (Lipinski definition) is 4. The van der Waals surface area contributed by atoms with Crippen LogP contribution in [0, 0.1) is 27.7 Å². The lowest BCUT2D eigenvalue weighted by Gasteiger charge is -2.28. The number of carbonyl (C=O) groups is 2. The van der Waals surface area contributed by atoms with Gasteiger partial charge < -0.3 is 25.2 Å². The van der Waals surface area contributed by atoms with Gasteiger partial charge in [0.2, 0.25) is 5.91 Å². The van der Waals surface area contributed by atoms with Gasteiger partial charge in [-0.2, -0.15) is 0 Å². The molecule has 1 aliphatic heterocycles. The van der Waals surface area contributed by atoms with Crippen LogP contribution >= 0.6 is 12.2 Å². The summed E-state index contributed by atoms with van der Waals surface area (Å²) in [7, 11) is 0. The standard InChI is InChI=1S/C32H33N5O3S/c1-19-8-9-20(2)27(17-19)34-28(38)14-16-36-30(29(35-32(36)41)26-7-5-6-15-33-26)25-18-21(3)37(22(25)4)24-12-10-23(11-13-24)31(39)40/h5-13,15,17-18,29-30H,14,16H2,1-4H3,(H,34,38)(H,35,41)(H,39,40)/t29-,30-/m0/s1. The molecule has 0 bridgehead atoms. The van der Waals surface area contributed by atoms with Crippen LogP contribution in [0.15, 0.2) is 72.9 Å². The number of hydrogen-bond donors (Lipinski definition) is 3. The molecule has 0 aliphatic carbocycles. The maximum atomic E-state index is 13.1. The van der Waals surface area contributed by atoms with E-state index in [1.165, 1.54) is 0 Å². The van der Waals surface area contributed by atoms with E-state index >= 15 is 0 Å². The fourth-order valence-electron chi connectivity index (χ4n) is 5.53. The topological polar surface area (TPSA) is 99.5 Å². The van der Waals surface area contributed by atoms with Crippen molar-refractivity contribution in [3.8, 4) is 5.69 Å². The number of nitrogens with one attached hydrogen (secondary N) is 2. The number of rotatable bonds is 8. The highest BCUT2D eigenvalue weighted by Crippen LogP contribution is 2.41. The lowest BCUT2D eigenvalue weighted by atomic mass is 9.96. The van der Waals surface area contributed by atoms with Crippen LogP contribution < -0.4 is 10.6 Å². The highest BCUT2D eigenvalue weighted by molar-refractivity contribution is 7.80. The van der Waals surface area contributed by atoms with Crippen LogP contribution in [0.25, 0.3) is 5.69 Å². The molecule has 41 heavy (non-hydrogen) atoms. The van der Waals surface area contributed by atoms with Gasteiger partial charge >= 0.3 is 5.97 Å². The van der Waals surface area contributed by atoms with Crippen molar-refractivity contribution >= 4 is 34.9 Å². The van der Waals surface area contributed by atoms with Crippen LogP contribution in [0.1, 0.15) is 62.6 Å². The van der Waals surface area contributed by atoms with Crippen molar-refractivity contribution in [3.63, 3.8) is 0 Å². The van der Waals surface area contributed by atoms with Crippen molar-refractivity contribution in [2.75, 3.05) is 11.9 Å². The molecule has 5 rings (SSSR count). The summed E-state index contributed by atoms with van der Waals surface area (Å²) in [6, 6.07) is 20.4. The second kappa shape index (κ2) is 11.5. The number of aromatic carboxylic acids is 1. The van der Waals surface area contributed by atoms with Crippen molar-refractivity contribution in [1.82, 2.24) is 19.8 Å². The Kier molecular flexibility index (Phi) is 7.90. The van der Waals surface area contributed by atoms with Gasteiger partial charge in [0.05, 0.1) is 23.3 Å². The molecule has 9 heteroatoms. The van der Waals surface area contributed by atoms with Crippen molar-refractivity contribution in [2.45, 2.75) is 46.2 Å². The van der Waals surface area contributed by atoms with Gasteiger partial charge in [0.25, 0.3) is 0 Å². The first kappa shape index (κ1) is 28.0. The van der Waals surface area contributed by atoms with E-state index in [9.17, 15) is 14.7 Å². The largest absolute Gasteiger partial charge is 0.478 e. The number of carbonyl (C=O) groups excluding carboxylic acids is 1. The lowest BCUT2D eigenvalue weighted by molar-refractivity contribution is -0.116. The Morgan fingerprint density at radius 2 is 1.78 bits per heavy atom. The third-order valence-corrected chi connectivity index (χ3v) is 7.96. The molecule has 2 atom stereocenters. The Bertz CT molecular complexity index is 1610. The summed E-state index contributed by atoms with van der Waals surface area (Å²) in [5.41, 5.74) is 7.96. The maximum absolute atomic E-state index is 13.1. The molecule has 1 fully saturated rings. The summed E-state index contributed by atoms with van der Waals surface area (Å²) in [5, 5.41) is 16.4. The molecule has 3 N–H and O–H groups in total. The number of carboxylic acids is 1. The smallest absolute Gasteiger partial charge is 0.335 e. The second-order valence-electron chi connectivity index (χ2n) is 10.5. The number of anilines is 1. The van der Waals surface area contributed by atoms with Gasteiger partial charge in [-0.25, -0.2) is 4.79 Å². The number of thiocarbonyl (C=S) groups is 1. The van der Waals surface area contributed by atoms with Crippen LogP contribution in [0.5, 0.6) is 0 Å². The van der Waals surface area contributed by atoms with Gasteiger partial charge in [-0.05, 0) is 105 Å². The molecule has 3 heterocycles. The fourth-order valence-corrected chi connectivity index (χ4v) is 5.86. The summed E-state index contributed by atoms with van der Waals surface area (Å²) in [6.07, 6.45) is 2.03. The minimum Gasteiger partial charge on any atom is -0.478 e. The van der Waals surface area contributed by atoms with Crippen LogP contribution in [0.3, 0.4) is 0 Å². The predicted molar refractivity (Wildman–Crippen MR) is 164 cm³/mol. The van der Waals surface area contributed by atoms with Gasteiger partial charge in [-0.1, -0.05) is 18.2 Å². The summed E-state index contributed by atoms with van der Waals surface area (Å²) in [4.78, 5) is 31.1. The molecule has 0 radical (unpaired) electrons. The zero-order chi connectivity index (χ0) is 29.3. The number of carboxylic acid groups (broad SMARTS) is 1. The number of amides is 1. The maximum Gasteiger partial charge on any atom is 0.335 e. The van der Waals surface area contributed by atoms with Gasteiger partial charge in [0.15, 0.2) is 5.11 Å². The Balaban J connectivity index is 1.47. The molecule has 1 amide bonds. The van der Waals surface area contributed by atoms with Gasteiger partial charge in [0.1, 0.15) is 0 Å². The van der Waals surface area contributed by atoms with Crippen LogP contribution in [0.4, 0.5) is 5.69 Å². The van der Waals surface area contributed by atoms with Gasteiger partial charge in [-0.15, -0.1) is 0 Å². The van der Waals surface area contributed by atoms with E-state index in [2.05, 4.69) is 38.1 Å². The molecule has 0 spiro atoms. The molecule has 0 saturated carbocycles. The minimum atomic E-state index is -0.959. The van der Waals surface area contributed by atoms with Crippen LogP contribution in [-0.4, -0.2) is 43.1 Å². The SMILES string of the molecule is Cc1ccc(C)c(NC(=O)CCN2C(=S)N[C@@H](c3ccccn3)[C@@H]2c2cc(C)n(-c3ccc(C(=O)O)cc3)c2C)c1. The van der Waals surface area contributed by atoms with Crippen LogP contribution in [0.2, 0.25) is 0 Å². The molecule has 210 valence electrons. The summed E-state index contributed by atoms with van der Waals surface area (Å²) >= 11 is 5.82. The Morgan fingerprint density at radius 1 is 1.02 bits per heavy atom. The Hall–Kier alpha value is -4.50. The van der Waals surface area contributed by atoms with Crippen molar-refractivity contribution < 1.29 is 14.7 Å². The highest BCUT2D eigenvalue weighted by Gasteiger charge is 2.41. The second-order valence-corrected chi connectivity index (χ2v) is 10.8. The van der Waals surface area contributed by atoms with E-state index in [4.69, 9.17) is 12.2 Å². The van der Waals surface area contributed by atoms with Crippen molar-refractivity contribution in [2.24, 2.45) is 0 Å². The Morgan fingerprint density at radius 3 is 2.46 bits per heavy atom. The average molecular weight is 568 g/mol. The fraction of sp³-hybridized carbons (Fsp3) is 0.250. The first-order chi connectivity index (χ1) is 19.6. The highest BCUT2D eigenvalue weighted by atomic mass is 32.1. The molecule has 4 aromatic rings. The van der Waals surface area contributed by atoms with Crippen LogP contribution in [-0.2, 0) is 4.79 Å². The lowest BCUT2D eigenvalue weighted by Crippen LogP contribution is -2.33. The van der Waals surface area contributed by atoms with E-state index in [0.29, 0.717) is 11.7 Å². The van der Waals surface area contributed by atoms with E-state index in [0.717, 1.165) is 45.1 Å². The quantitative estimate of drug-likeness (QED) is 0.231. The molecule has 1 aliphatic rings. The van der Waals surface area contributed by atoms with Gasteiger partial charge in [-0.3, -0.25) is 9.78 Å². The van der Waals surface area contributed by atoms with E-state index in [1.54, 1.807) is 18.3 Å². The van der Waals surface area contributed by atoms with E-state index in [1.807, 2.05) is 69.3 Å². The monoisotopic (exact) mass is 567 g/mol. The molecular formula is C32H33N5O3S. The number of aromatic nitrogens is 2. The number of benzene rings is 2. The van der Waals surface area contributed by atoms with Crippen molar-refractivity contribution in [3.05, 3.63) is 112 Å². The summed E-state index contributed by atoms with van der Waals surface area (Å²) < 4.78 is 2.11. The zero-order valence-corrected chi connectivity index (χ0v) is 24.3. The van der Waals surface area contributed by atoms with Gasteiger partial charge in [0, 0.05) is 41.9 Å². The molecular weight excluding hydrogens is 534 g/mol. The number of pyridine rings is 1. The molecule has 8 nitrogen and oxygen atoms in total. The normalized spacial score (nSPS) is 16.5. The summed E-state index contributed by atoms with van der Waals surface area (Å²) in [5.74, 6) is -1.04. The Labute approximate surface area is 245 Å². The zero-order valence-electron chi connectivity index (χ0n) is 23.5. The molecule has 1 saturated heterocycles. The summed E-state index contributed by atoms with van der Waals surface area (Å²) in [6.45, 7) is 8.49. The predicted octanol–water partition coefficient (Wildman–Crippen LogP) is 5.81. The van der Waals surface area contributed by atoms with E-state index < -0.39 is 5.97 Å². The average Bonchev–Trinajstić information content (AvgIpc) is 3.44. The number of nitrogens with zero attached hydrogens (tertiary/aromatic N) is 3. The first-order valence-electron chi connectivity index (χ1n) is 13.5.